The average molecular weight is 206 g/mol. The van der Waals surface area contributed by atoms with Crippen LogP contribution in [0.1, 0.15) is 27.8 Å². The van der Waals surface area contributed by atoms with E-state index in [0.29, 0.717) is 0 Å². The zero-order valence-electron chi connectivity index (χ0n) is 9.02. The second-order valence-electron chi connectivity index (χ2n) is 3.45. The van der Waals surface area contributed by atoms with E-state index in [2.05, 4.69) is 10.3 Å². The molecule has 0 aliphatic heterocycles. The van der Waals surface area contributed by atoms with Crippen molar-refractivity contribution in [1.82, 2.24) is 0 Å². The van der Waals surface area contributed by atoms with Crippen molar-refractivity contribution in [3.8, 4) is 0 Å². The summed E-state index contributed by atoms with van der Waals surface area (Å²) in [5, 5.41) is 23.1. The number of benzene rings is 1. The van der Waals surface area contributed by atoms with Crippen LogP contribution in [0.2, 0.25) is 0 Å². The first-order chi connectivity index (χ1) is 7.11. The molecule has 0 aromatic heterocycles. The van der Waals surface area contributed by atoms with Crippen molar-refractivity contribution >= 4 is 12.4 Å². The maximum absolute atomic E-state index is 8.55. The highest BCUT2D eigenvalue weighted by Crippen LogP contribution is 2.19. The predicted octanol–water partition coefficient (Wildman–Crippen LogP) is 2.23. The molecule has 1 aromatic rings. The van der Waals surface area contributed by atoms with E-state index in [4.69, 9.17) is 10.4 Å². The van der Waals surface area contributed by atoms with Gasteiger partial charge in [0.05, 0.1) is 12.4 Å². The summed E-state index contributed by atoms with van der Waals surface area (Å²) in [7, 11) is 0. The quantitative estimate of drug-likeness (QED) is 0.442. The van der Waals surface area contributed by atoms with Gasteiger partial charge in [0.15, 0.2) is 0 Å². The van der Waals surface area contributed by atoms with Crippen LogP contribution in [0.5, 0.6) is 0 Å². The predicted molar refractivity (Wildman–Crippen MR) is 59.4 cm³/mol. The first-order valence-electron chi connectivity index (χ1n) is 4.57. The monoisotopic (exact) mass is 206 g/mol. The molecule has 0 radical (unpaired) electrons. The second kappa shape index (κ2) is 4.59. The summed E-state index contributed by atoms with van der Waals surface area (Å²) < 4.78 is 0. The fourth-order valence-corrected chi connectivity index (χ4v) is 1.73. The zero-order valence-corrected chi connectivity index (χ0v) is 9.02. The van der Waals surface area contributed by atoms with Crippen molar-refractivity contribution < 1.29 is 10.4 Å². The molecule has 80 valence electrons. The van der Waals surface area contributed by atoms with Crippen molar-refractivity contribution in [2.75, 3.05) is 0 Å². The Kier molecular flexibility index (Phi) is 3.44. The molecule has 4 heteroatoms. The van der Waals surface area contributed by atoms with Crippen LogP contribution < -0.4 is 0 Å². The Balaban J connectivity index is 3.48. The lowest BCUT2D eigenvalue weighted by Crippen LogP contribution is -2.01. The molecule has 0 fully saturated rings. The lowest BCUT2D eigenvalue weighted by atomic mass is 9.94. The third kappa shape index (κ3) is 2.15. The van der Waals surface area contributed by atoms with Crippen molar-refractivity contribution in [3.63, 3.8) is 0 Å². The van der Waals surface area contributed by atoms with Crippen molar-refractivity contribution in [1.29, 1.82) is 0 Å². The standard InChI is InChI=1S/C11H14N2O2/c1-7-4-8(2)11(6-13-15)9(3)10(7)5-12-14/h4-6,14-15H,1-3H3/b12-5-,13-6-. The SMILES string of the molecule is Cc1cc(C)c(/C=N\O)c(C)c1/C=N\O. The highest BCUT2D eigenvalue weighted by molar-refractivity contribution is 5.91. The third-order valence-corrected chi connectivity index (χ3v) is 2.46. The molecule has 0 spiro atoms. The Bertz CT molecular complexity index is 387. The van der Waals surface area contributed by atoms with Crippen molar-refractivity contribution in [3.05, 3.63) is 33.9 Å². The minimum absolute atomic E-state index is 0.845. The summed E-state index contributed by atoms with van der Waals surface area (Å²) in [5.74, 6) is 0. The summed E-state index contributed by atoms with van der Waals surface area (Å²) in [6.45, 7) is 5.78. The maximum atomic E-state index is 8.55. The normalized spacial score (nSPS) is 11.7. The van der Waals surface area contributed by atoms with Crippen molar-refractivity contribution in [2.45, 2.75) is 20.8 Å². The molecule has 0 amide bonds. The highest BCUT2D eigenvalue weighted by Gasteiger charge is 2.08. The van der Waals surface area contributed by atoms with Gasteiger partial charge in [-0.05, 0) is 37.5 Å². The molecule has 1 rings (SSSR count). The molecule has 0 saturated heterocycles. The molecular formula is C11H14N2O2. The van der Waals surface area contributed by atoms with E-state index in [1.807, 2.05) is 26.8 Å². The number of oxime groups is 2. The van der Waals surface area contributed by atoms with Gasteiger partial charge in [0.25, 0.3) is 0 Å². The van der Waals surface area contributed by atoms with Crippen LogP contribution in [-0.2, 0) is 0 Å². The van der Waals surface area contributed by atoms with E-state index in [-0.39, 0.29) is 0 Å². The van der Waals surface area contributed by atoms with E-state index in [9.17, 15) is 0 Å². The van der Waals surface area contributed by atoms with Gasteiger partial charge in [-0.1, -0.05) is 16.4 Å². The van der Waals surface area contributed by atoms with Gasteiger partial charge in [-0.3, -0.25) is 0 Å². The first-order valence-corrected chi connectivity index (χ1v) is 4.57. The molecule has 0 aliphatic carbocycles. The van der Waals surface area contributed by atoms with E-state index in [1.165, 1.54) is 12.4 Å². The van der Waals surface area contributed by atoms with Crippen LogP contribution in [-0.4, -0.2) is 22.8 Å². The van der Waals surface area contributed by atoms with Crippen LogP contribution in [0, 0.1) is 20.8 Å². The van der Waals surface area contributed by atoms with Gasteiger partial charge >= 0.3 is 0 Å². The molecule has 0 saturated carbocycles. The summed E-state index contributed by atoms with van der Waals surface area (Å²) in [6.07, 6.45) is 2.78. The van der Waals surface area contributed by atoms with E-state index >= 15 is 0 Å². The van der Waals surface area contributed by atoms with Crippen LogP contribution in [0.4, 0.5) is 0 Å². The first kappa shape index (κ1) is 11.2. The Labute approximate surface area is 88.5 Å². The summed E-state index contributed by atoms with van der Waals surface area (Å²) in [6, 6.07) is 1.96. The van der Waals surface area contributed by atoms with Gasteiger partial charge in [-0.2, -0.15) is 0 Å². The molecule has 0 bridgehead atoms. The number of aryl methyl sites for hydroxylation is 2. The van der Waals surface area contributed by atoms with Crippen molar-refractivity contribution in [2.24, 2.45) is 10.3 Å². The molecular weight excluding hydrogens is 192 g/mol. The van der Waals surface area contributed by atoms with Gasteiger partial charge in [0.2, 0.25) is 0 Å². The van der Waals surface area contributed by atoms with Gasteiger partial charge in [0, 0.05) is 11.1 Å². The average Bonchev–Trinajstić information content (AvgIpc) is 2.19. The zero-order chi connectivity index (χ0) is 11.4. The molecule has 0 atom stereocenters. The molecule has 1 aromatic carbocycles. The van der Waals surface area contributed by atoms with Crippen LogP contribution in [0.3, 0.4) is 0 Å². The summed E-state index contributed by atoms with van der Waals surface area (Å²) in [5.41, 5.74) is 4.68. The molecule has 0 aliphatic rings. The lowest BCUT2D eigenvalue weighted by Gasteiger charge is -2.10. The largest absolute Gasteiger partial charge is 0.411 e. The highest BCUT2D eigenvalue weighted by atomic mass is 16.4. The molecule has 4 nitrogen and oxygen atoms in total. The number of nitrogens with zero attached hydrogens (tertiary/aromatic N) is 2. The summed E-state index contributed by atoms with van der Waals surface area (Å²) >= 11 is 0. The Morgan fingerprint density at radius 2 is 1.33 bits per heavy atom. The molecule has 0 unspecified atom stereocenters. The fourth-order valence-electron chi connectivity index (χ4n) is 1.73. The van der Waals surface area contributed by atoms with Crippen LogP contribution >= 0.6 is 0 Å². The van der Waals surface area contributed by atoms with Gasteiger partial charge in [0.1, 0.15) is 0 Å². The third-order valence-electron chi connectivity index (χ3n) is 2.46. The summed E-state index contributed by atoms with van der Waals surface area (Å²) in [4.78, 5) is 0. The molecule has 2 N–H and O–H groups in total. The maximum Gasteiger partial charge on any atom is 0.0739 e. The van der Waals surface area contributed by atoms with Crippen LogP contribution in [0.15, 0.2) is 16.4 Å². The Morgan fingerprint density at radius 3 is 1.67 bits per heavy atom. The van der Waals surface area contributed by atoms with Gasteiger partial charge in [-0.25, -0.2) is 0 Å². The van der Waals surface area contributed by atoms with Crippen LogP contribution in [0.25, 0.3) is 0 Å². The minimum Gasteiger partial charge on any atom is -0.411 e. The van der Waals surface area contributed by atoms with Gasteiger partial charge in [-0.15, -0.1) is 0 Å². The lowest BCUT2D eigenvalue weighted by molar-refractivity contribution is 0.321. The Hall–Kier alpha value is -1.84. The minimum atomic E-state index is 0.845. The fraction of sp³-hybridized carbons (Fsp3) is 0.273. The number of rotatable bonds is 2. The van der Waals surface area contributed by atoms with Gasteiger partial charge < -0.3 is 10.4 Å². The number of hydrogen-bond acceptors (Lipinski definition) is 4. The number of hydrogen-bond donors (Lipinski definition) is 2. The molecule has 0 heterocycles. The second-order valence-corrected chi connectivity index (χ2v) is 3.45. The topological polar surface area (TPSA) is 65.2 Å². The Morgan fingerprint density at radius 1 is 0.933 bits per heavy atom. The van der Waals surface area contributed by atoms with E-state index in [1.54, 1.807) is 0 Å². The van der Waals surface area contributed by atoms with E-state index in [0.717, 1.165) is 27.8 Å². The molecule has 15 heavy (non-hydrogen) atoms. The van der Waals surface area contributed by atoms with E-state index < -0.39 is 0 Å². The smallest absolute Gasteiger partial charge is 0.0739 e.